The van der Waals surface area contributed by atoms with Crippen molar-refractivity contribution >= 4 is 33.5 Å². The summed E-state index contributed by atoms with van der Waals surface area (Å²) in [5.74, 6) is 1.75. The summed E-state index contributed by atoms with van der Waals surface area (Å²) < 4.78 is 13.3. The Kier molecular flexibility index (Phi) is 4.91. The lowest BCUT2D eigenvalue weighted by Crippen LogP contribution is -2.32. The third kappa shape index (κ3) is 3.28. The zero-order chi connectivity index (χ0) is 23.4. The number of nitrogens with two attached hydrogens (primary N) is 1. The summed E-state index contributed by atoms with van der Waals surface area (Å²) in [7, 11) is 3.70. The van der Waals surface area contributed by atoms with Crippen LogP contribution < -0.4 is 10.5 Å². The quantitative estimate of drug-likeness (QED) is 0.503. The second-order valence-electron chi connectivity index (χ2n) is 9.19. The maximum Gasteiger partial charge on any atom is 0.254 e. The SMILES string of the molecule is CN(C(=O)c1ccc2nc(N)c3cnn(C)c3c2c1)C1COc2cc(C3CCOCC3)ccc21. The van der Waals surface area contributed by atoms with Crippen LogP contribution in [-0.2, 0) is 11.8 Å². The number of carbonyl (C=O) groups is 1. The van der Waals surface area contributed by atoms with Gasteiger partial charge in [0.15, 0.2) is 0 Å². The molecule has 0 spiro atoms. The van der Waals surface area contributed by atoms with Gasteiger partial charge in [-0.2, -0.15) is 5.10 Å². The van der Waals surface area contributed by atoms with Crippen molar-refractivity contribution in [3.8, 4) is 5.75 Å². The fraction of sp³-hybridized carbons (Fsp3) is 0.346. The first-order valence-corrected chi connectivity index (χ1v) is 11.6. The average molecular weight is 458 g/mol. The summed E-state index contributed by atoms with van der Waals surface area (Å²) in [6, 6.07) is 11.8. The number of carbonyl (C=O) groups excluding carboxylic acids is 1. The molecule has 2 aliphatic rings. The largest absolute Gasteiger partial charge is 0.491 e. The number of aryl methyl sites for hydroxylation is 1. The number of nitrogens with zero attached hydrogens (tertiary/aromatic N) is 4. The number of aromatic nitrogens is 3. The molecule has 1 atom stereocenters. The predicted molar refractivity (Wildman–Crippen MR) is 130 cm³/mol. The number of pyridine rings is 1. The summed E-state index contributed by atoms with van der Waals surface area (Å²) in [5.41, 5.74) is 10.7. The van der Waals surface area contributed by atoms with E-state index in [-0.39, 0.29) is 11.9 Å². The molecule has 174 valence electrons. The molecule has 1 saturated heterocycles. The van der Waals surface area contributed by atoms with E-state index in [1.807, 2.05) is 26.2 Å². The Balaban J connectivity index is 1.30. The summed E-state index contributed by atoms with van der Waals surface area (Å²) in [6.07, 6.45) is 3.78. The number of nitrogen functional groups attached to an aromatic ring is 1. The number of ether oxygens (including phenoxy) is 2. The minimum absolute atomic E-state index is 0.0657. The molecule has 0 saturated carbocycles. The van der Waals surface area contributed by atoms with Crippen molar-refractivity contribution in [1.82, 2.24) is 19.7 Å². The highest BCUT2D eigenvalue weighted by molar-refractivity contribution is 6.10. The highest BCUT2D eigenvalue weighted by atomic mass is 16.5. The fourth-order valence-corrected chi connectivity index (χ4v) is 5.25. The van der Waals surface area contributed by atoms with E-state index < -0.39 is 0 Å². The van der Waals surface area contributed by atoms with Gasteiger partial charge < -0.3 is 20.1 Å². The van der Waals surface area contributed by atoms with E-state index in [4.69, 9.17) is 15.2 Å². The van der Waals surface area contributed by atoms with Crippen molar-refractivity contribution in [1.29, 1.82) is 0 Å². The Bertz CT molecular complexity index is 1420. The van der Waals surface area contributed by atoms with Crippen LogP contribution in [0.15, 0.2) is 42.6 Å². The molecule has 6 rings (SSSR count). The first-order valence-electron chi connectivity index (χ1n) is 11.6. The highest BCUT2D eigenvalue weighted by Gasteiger charge is 2.32. The molecule has 0 bridgehead atoms. The van der Waals surface area contributed by atoms with Crippen molar-refractivity contribution in [3.63, 3.8) is 0 Å². The van der Waals surface area contributed by atoms with Gasteiger partial charge in [-0.15, -0.1) is 0 Å². The van der Waals surface area contributed by atoms with Gasteiger partial charge in [0.1, 0.15) is 18.2 Å². The molecule has 2 N–H and O–H groups in total. The van der Waals surface area contributed by atoms with E-state index in [1.54, 1.807) is 21.8 Å². The van der Waals surface area contributed by atoms with Crippen molar-refractivity contribution in [2.75, 3.05) is 32.6 Å². The molecule has 34 heavy (non-hydrogen) atoms. The van der Waals surface area contributed by atoms with Gasteiger partial charge in [0.2, 0.25) is 0 Å². The van der Waals surface area contributed by atoms with Gasteiger partial charge in [0, 0.05) is 43.8 Å². The number of fused-ring (bicyclic) bond motifs is 4. The molecule has 4 heterocycles. The van der Waals surface area contributed by atoms with Crippen molar-refractivity contribution < 1.29 is 14.3 Å². The summed E-state index contributed by atoms with van der Waals surface area (Å²) in [6.45, 7) is 2.06. The highest BCUT2D eigenvalue weighted by Crippen LogP contribution is 2.39. The van der Waals surface area contributed by atoms with E-state index >= 15 is 0 Å². The Morgan fingerprint density at radius 1 is 1.15 bits per heavy atom. The average Bonchev–Trinajstić information content (AvgIpc) is 3.47. The maximum atomic E-state index is 13.5. The molecule has 4 aromatic rings. The van der Waals surface area contributed by atoms with Crippen LogP contribution in [0, 0.1) is 0 Å². The van der Waals surface area contributed by atoms with Gasteiger partial charge in [0.25, 0.3) is 5.91 Å². The van der Waals surface area contributed by atoms with Gasteiger partial charge in [-0.25, -0.2) is 4.98 Å². The molecule has 8 heteroatoms. The van der Waals surface area contributed by atoms with Crippen LogP contribution in [-0.4, -0.2) is 52.4 Å². The summed E-state index contributed by atoms with van der Waals surface area (Å²) in [5, 5.41) is 5.96. The minimum Gasteiger partial charge on any atom is -0.491 e. The van der Waals surface area contributed by atoms with E-state index in [0.29, 0.717) is 23.9 Å². The Labute approximate surface area is 197 Å². The molecular weight excluding hydrogens is 430 g/mol. The lowest BCUT2D eigenvalue weighted by molar-refractivity contribution is 0.0708. The number of anilines is 1. The lowest BCUT2D eigenvalue weighted by Gasteiger charge is -2.25. The van der Waals surface area contributed by atoms with Crippen LogP contribution in [0.25, 0.3) is 21.8 Å². The van der Waals surface area contributed by atoms with Crippen LogP contribution in [0.5, 0.6) is 5.75 Å². The van der Waals surface area contributed by atoms with Crippen LogP contribution >= 0.6 is 0 Å². The number of hydrogen-bond donors (Lipinski definition) is 1. The van der Waals surface area contributed by atoms with Crippen molar-refractivity contribution in [3.05, 3.63) is 59.3 Å². The number of hydrogen-bond acceptors (Lipinski definition) is 6. The van der Waals surface area contributed by atoms with E-state index in [2.05, 4.69) is 28.3 Å². The van der Waals surface area contributed by atoms with Gasteiger partial charge in [-0.1, -0.05) is 12.1 Å². The topological polar surface area (TPSA) is 95.5 Å². The first-order chi connectivity index (χ1) is 16.5. The molecule has 2 aromatic carbocycles. The molecule has 8 nitrogen and oxygen atoms in total. The van der Waals surface area contributed by atoms with Crippen molar-refractivity contribution in [2.24, 2.45) is 7.05 Å². The van der Waals surface area contributed by atoms with E-state index in [1.165, 1.54) is 5.56 Å². The zero-order valence-corrected chi connectivity index (χ0v) is 19.3. The number of likely N-dealkylation sites (N-methyl/N-ethyl adjacent to an activating group) is 1. The van der Waals surface area contributed by atoms with Crippen LogP contribution in [0.3, 0.4) is 0 Å². The smallest absolute Gasteiger partial charge is 0.254 e. The molecular formula is C26H27N5O3. The zero-order valence-electron chi connectivity index (χ0n) is 19.3. The number of benzene rings is 2. The third-order valence-electron chi connectivity index (χ3n) is 7.23. The summed E-state index contributed by atoms with van der Waals surface area (Å²) >= 11 is 0. The molecule has 1 unspecified atom stereocenters. The molecule has 0 radical (unpaired) electrons. The predicted octanol–water partition coefficient (Wildman–Crippen LogP) is 3.80. The standard InChI is InChI=1S/C26H27N5O3/c1-30(22-14-34-23-12-16(3-5-18(22)23)15-7-9-33-10-8-15)26(32)17-4-6-21-19(11-17)24-20(25(27)29-21)13-28-31(24)2/h3-6,11-13,15,22H,7-10,14H2,1-2H3,(H2,27,29). The molecule has 1 fully saturated rings. The third-order valence-corrected chi connectivity index (χ3v) is 7.23. The second-order valence-corrected chi connectivity index (χ2v) is 9.19. The number of amides is 1. The lowest BCUT2D eigenvalue weighted by atomic mass is 9.90. The molecule has 2 aromatic heterocycles. The van der Waals surface area contributed by atoms with Gasteiger partial charge in [-0.3, -0.25) is 9.48 Å². The van der Waals surface area contributed by atoms with Gasteiger partial charge >= 0.3 is 0 Å². The van der Waals surface area contributed by atoms with E-state index in [9.17, 15) is 4.79 Å². The van der Waals surface area contributed by atoms with Crippen molar-refractivity contribution in [2.45, 2.75) is 24.8 Å². The Morgan fingerprint density at radius 2 is 1.97 bits per heavy atom. The van der Waals surface area contributed by atoms with Crippen LogP contribution in [0.1, 0.15) is 46.3 Å². The molecule has 1 amide bonds. The van der Waals surface area contributed by atoms with Crippen LogP contribution in [0.4, 0.5) is 5.82 Å². The summed E-state index contributed by atoms with van der Waals surface area (Å²) in [4.78, 5) is 19.8. The molecule has 2 aliphatic heterocycles. The maximum absolute atomic E-state index is 13.5. The Morgan fingerprint density at radius 3 is 2.79 bits per heavy atom. The molecule has 0 aliphatic carbocycles. The van der Waals surface area contributed by atoms with E-state index in [0.717, 1.165) is 59.2 Å². The normalized spacial score (nSPS) is 18.2. The van der Waals surface area contributed by atoms with Crippen LogP contribution in [0.2, 0.25) is 0 Å². The number of rotatable bonds is 3. The monoisotopic (exact) mass is 457 g/mol. The van der Waals surface area contributed by atoms with Gasteiger partial charge in [-0.05, 0) is 48.6 Å². The Hall–Kier alpha value is -3.65. The fourth-order valence-electron chi connectivity index (χ4n) is 5.25. The van der Waals surface area contributed by atoms with Gasteiger partial charge in [0.05, 0.1) is 28.7 Å². The first kappa shape index (κ1) is 20.9. The minimum atomic E-state index is -0.136. The second kappa shape index (κ2) is 7.99.